The maximum absolute atomic E-state index is 12.9. The first-order valence-electron chi connectivity index (χ1n) is 11.8. The fourth-order valence-corrected chi connectivity index (χ4v) is 4.23. The van der Waals surface area contributed by atoms with Gasteiger partial charge in [0.25, 0.3) is 5.91 Å². The summed E-state index contributed by atoms with van der Waals surface area (Å²) in [6.45, 7) is 4.77. The number of hydrogen-bond donors (Lipinski definition) is 2. The van der Waals surface area contributed by atoms with E-state index < -0.39 is 0 Å². The first kappa shape index (κ1) is 25.0. The van der Waals surface area contributed by atoms with Crippen LogP contribution in [0.2, 0.25) is 0 Å². The van der Waals surface area contributed by atoms with Crippen molar-refractivity contribution in [2.24, 2.45) is 0 Å². The van der Waals surface area contributed by atoms with Gasteiger partial charge >= 0.3 is 5.97 Å². The number of carbonyl (C=O) groups is 3. The number of methoxy groups -OCH3 is 1. The molecule has 0 spiro atoms. The van der Waals surface area contributed by atoms with E-state index in [0.717, 1.165) is 18.8 Å². The average molecular weight is 491 g/mol. The largest absolute Gasteiger partial charge is 0.467 e. The minimum absolute atomic E-state index is 0.136. The van der Waals surface area contributed by atoms with Crippen LogP contribution in [0.1, 0.15) is 33.4 Å². The Balaban J connectivity index is 1.31. The van der Waals surface area contributed by atoms with Crippen molar-refractivity contribution >= 4 is 29.2 Å². The lowest BCUT2D eigenvalue weighted by atomic mass is 10.1. The highest BCUT2D eigenvalue weighted by Gasteiger charge is 2.26. The number of rotatable bonds is 8. The van der Waals surface area contributed by atoms with Crippen LogP contribution in [0.4, 0.5) is 11.4 Å². The van der Waals surface area contributed by atoms with E-state index in [0.29, 0.717) is 29.1 Å². The number of hydrogen-bond acceptors (Lipinski definition) is 7. The molecule has 2 N–H and O–H groups in total. The van der Waals surface area contributed by atoms with Crippen LogP contribution in [-0.2, 0) is 16.1 Å². The van der Waals surface area contributed by atoms with Crippen LogP contribution in [0, 0.1) is 0 Å². The third kappa shape index (κ3) is 6.11. The number of piperazine rings is 1. The standard InChI is InChI=1S/C27H30N4O5/c1-19-17-31(21-11-9-20(10-12-21)27(34)35-2)14-13-30(19)18-25(32)29-24-8-4-3-7-23(24)26(33)28-16-22-6-5-15-36-22/h3-12,15,19H,13-14,16-18H2,1-2H3,(H,28,33)(H,29,32). The van der Waals surface area contributed by atoms with Crippen molar-refractivity contribution in [1.82, 2.24) is 10.2 Å². The fraction of sp³-hybridized carbons (Fsp3) is 0.296. The minimum Gasteiger partial charge on any atom is -0.467 e. The summed E-state index contributed by atoms with van der Waals surface area (Å²) in [4.78, 5) is 41.6. The summed E-state index contributed by atoms with van der Waals surface area (Å²) in [6.07, 6.45) is 1.55. The smallest absolute Gasteiger partial charge is 0.337 e. The molecule has 0 radical (unpaired) electrons. The molecule has 4 rings (SSSR count). The number of furan rings is 1. The van der Waals surface area contributed by atoms with Crippen LogP contribution in [0.25, 0.3) is 0 Å². The third-order valence-corrected chi connectivity index (χ3v) is 6.21. The predicted octanol–water partition coefficient (Wildman–Crippen LogP) is 3.15. The molecule has 9 heteroatoms. The Bertz CT molecular complexity index is 1190. The van der Waals surface area contributed by atoms with Crippen molar-refractivity contribution in [3.05, 3.63) is 83.8 Å². The van der Waals surface area contributed by atoms with Gasteiger partial charge in [-0.15, -0.1) is 0 Å². The quantitative estimate of drug-likeness (QED) is 0.468. The number of nitrogens with zero attached hydrogens (tertiary/aromatic N) is 2. The van der Waals surface area contributed by atoms with Crippen molar-refractivity contribution < 1.29 is 23.5 Å². The van der Waals surface area contributed by atoms with E-state index in [1.807, 2.05) is 12.1 Å². The van der Waals surface area contributed by atoms with Gasteiger partial charge in [0.1, 0.15) is 5.76 Å². The topological polar surface area (TPSA) is 104 Å². The summed E-state index contributed by atoms with van der Waals surface area (Å²) in [7, 11) is 1.36. The zero-order valence-electron chi connectivity index (χ0n) is 20.4. The second kappa shape index (κ2) is 11.5. The molecule has 36 heavy (non-hydrogen) atoms. The fourth-order valence-electron chi connectivity index (χ4n) is 4.23. The Morgan fingerprint density at radius 2 is 1.81 bits per heavy atom. The monoisotopic (exact) mass is 490 g/mol. The molecular formula is C27H30N4O5. The molecule has 1 unspecified atom stereocenters. The molecule has 2 amide bonds. The van der Waals surface area contributed by atoms with Crippen molar-refractivity contribution in [3.63, 3.8) is 0 Å². The Kier molecular flexibility index (Phi) is 8.02. The third-order valence-electron chi connectivity index (χ3n) is 6.21. The Hall–Kier alpha value is -4.11. The molecule has 0 bridgehead atoms. The highest BCUT2D eigenvalue weighted by Crippen LogP contribution is 2.21. The van der Waals surface area contributed by atoms with Gasteiger partial charge in [-0.3, -0.25) is 14.5 Å². The predicted molar refractivity (Wildman–Crippen MR) is 136 cm³/mol. The summed E-state index contributed by atoms with van der Waals surface area (Å²) in [5.74, 6) is -0.175. The highest BCUT2D eigenvalue weighted by molar-refractivity contribution is 6.04. The van der Waals surface area contributed by atoms with Gasteiger partial charge in [-0.25, -0.2) is 4.79 Å². The van der Waals surface area contributed by atoms with Gasteiger partial charge in [0.15, 0.2) is 0 Å². The minimum atomic E-state index is -0.359. The maximum Gasteiger partial charge on any atom is 0.337 e. The van der Waals surface area contributed by atoms with E-state index in [9.17, 15) is 14.4 Å². The summed E-state index contributed by atoms with van der Waals surface area (Å²) >= 11 is 0. The number of amides is 2. The molecule has 1 aromatic heterocycles. The molecule has 1 aliphatic rings. The Morgan fingerprint density at radius 3 is 2.50 bits per heavy atom. The first-order valence-corrected chi connectivity index (χ1v) is 11.8. The number of nitrogens with one attached hydrogen (secondary N) is 2. The normalized spacial score (nSPS) is 15.8. The van der Waals surface area contributed by atoms with Crippen LogP contribution in [0.5, 0.6) is 0 Å². The molecule has 0 saturated carbocycles. The summed E-state index contributed by atoms with van der Waals surface area (Å²) < 4.78 is 10.0. The zero-order chi connectivity index (χ0) is 25.5. The first-order chi connectivity index (χ1) is 17.4. The molecule has 1 aliphatic heterocycles. The lowest BCUT2D eigenvalue weighted by molar-refractivity contribution is -0.117. The molecule has 9 nitrogen and oxygen atoms in total. The second-order valence-corrected chi connectivity index (χ2v) is 8.66. The number of para-hydroxylation sites is 1. The van der Waals surface area contributed by atoms with Gasteiger partial charge in [0.2, 0.25) is 5.91 Å². The lowest BCUT2D eigenvalue weighted by Gasteiger charge is -2.40. The SMILES string of the molecule is COC(=O)c1ccc(N2CCN(CC(=O)Nc3ccccc3C(=O)NCc3ccco3)C(C)C2)cc1. The van der Waals surface area contributed by atoms with Crippen LogP contribution in [-0.4, -0.2) is 62.0 Å². The second-order valence-electron chi connectivity index (χ2n) is 8.66. The maximum atomic E-state index is 12.9. The van der Waals surface area contributed by atoms with Gasteiger partial charge in [-0.05, 0) is 55.5 Å². The van der Waals surface area contributed by atoms with E-state index in [2.05, 4.69) is 27.4 Å². The molecule has 1 atom stereocenters. The van der Waals surface area contributed by atoms with Gasteiger partial charge in [0.05, 0.1) is 43.3 Å². The van der Waals surface area contributed by atoms with Crippen molar-refractivity contribution in [3.8, 4) is 0 Å². The van der Waals surface area contributed by atoms with Crippen LogP contribution in [0.15, 0.2) is 71.3 Å². The molecule has 188 valence electrons. The summed E-state index contributed by atoms with van der Waals surface area (Å²) in [5.41, 5.74) is 2.40. The van der Waals surface area contributed by atoms with Gasteiger partial charge in [0, 0.05) is 31.4 Å². The van der Waals surface area contributed by atoms with E-state index in [-0.39, 0.29) is 36.9 Å². The van der Waals surface area contributed by atoms with E-state index >= 15 is 0 Å². The summed E-state index contributed by atoms with van der Waals surface area (Å²) in [6, 6.07) is 18.0. The number of anilines is 2. The van der Waals surface area contributed by atoms with Gasteiger partial charge in [-0.2, -0.15) is 0 Å². The van der Waals surface area contributed by atoms with Crippen LogP contribution < -0.4 is 15.5 Å². The van der Waals surface area contributed by atoms with E-state index in [1.54, 1.807) is 54.8 Å². The van der Waals surface area contributed by atoms with Crippen molar-refractivity contribution in [1.29, 1.82) is 0 Å². The van der Waals surface area contributed by atoms with Crippen molar-refractivity contribution in [2.45, 2.75) is 19.5 Å². The van der Waals surface area contributed by atoms with E-state index in [1.165, 1.54) is 7.11 Å². The molecular weight excluding hydrogens is 460 g/mol. The molecule has 1 saturated heterocycles. The summed E-state index contributed by atoms with van der Waals surface area (Å²) in [5, 5.41) is 5.71. The Morgan fingerprint density at radius 1 is 1.03 bits per heavy atom. The number of benzene rings is 2. The highest BCUT2D eigenvalue weighted by atomic mass is 16.5. The van der Waals surface area contributed by atoms with Gasteiger partial charge < -0.3 is 24.7 Å². The number of carbonyl (C=O) groups excluding carboxylic acids is 3. The molecule has 1 fully saturated rings. The average Bonchev–Trinajstić information content (AvgIpc) is 3.42. The van der Waals surface area contributed by atoms with Crippen LogP contribution >= 0.6 is 0 Å². The molecule has 3 aromatic rings. The van der Waals surface area contributed by atoms with E-state index in [4.69, 9.17) is 9.15 Å². The molecule has 2 heterocycles. The number of esters is 1. The van der Waals surface area contributed by atoms with Crippen molar-refractivity contribution in [2.75, 3.05) is 43.5 Å². The van der Waals surface area contributed by atoms with Gasteiger partial charge in [-0.1, -0.05) is 12.1 Å². The molecule has 2 aromatic carbocycles. The zero-order valence-corrected chi connectivity index (χ0v) is 20.4. The van der Waals surface area contributed by atoms with Crippen LogP contribution in [0.3, 0.4) is 0 Å². The molecule has 0 aliphatic carbocycles. The Labute approximate surface area is 210 Å². The lowest BCUT2D eigenvalue weighted by Crippen LogP contribution is -2.53. The number of ether oxygens (including phenoxy) is 1.